The minimum absolute atomic E-state index is 0.0386. The summed E-state index contributed by atoms with van der Waals surface area (Å²) in [6.45, 7) is 5.77. The molecule has 1 fully saturated rings. The van der Waals surface area contributed by atoms with E-state index in [0.29, 0.717) is 19.7 Å². The highest BCUT2D eigenvalue weighted by Crippen LogP contribution is 2.32. The van der Waals surface area contributed by atoms with Crippen LogP contribution in [0.5, 0.6) is 0 Å². The quantitative estimate of drug-likeness (QED) is 0.910. The van der Waals surface area contributed by atoms with E-state index in [0.717, 1.165) is 36.5 Å². The zero-order chi connectivity index (χ0) is 17.1. The van der Waals surface area contributed by atoms with Gasteiger partial charge in [0.2, 0.25) is 0 Å². The summed E-state index contributed by atoms with van der Waals surface area (Å²) in [6.07, 6.45) is 4.74. The molecule has 0 saturated carbocycles. The molecule has 0 radical (unpaired) electrons. The lowest BCUT2D eigenvalue weighted by Crippen LogP contribution is -2.46. The first kappa shape index (κ1) is 17.3. The molecule has 1 aromatic rings. The molecular weight excluding hydrogens is 324 g/mol. The first-order valence-corrected chi connectivity index (χ1v) is 9.72. The van der Waals surface area contributed by atoms with E-state index in [1.54, 1.807) is 16.2 Å². The van der Waals surface area contributed by atoms with Crippen molar-refractivity contribution < 1.29 is 14.3 Å². The van der Waals surface area contributed by atoms with Crippen molar-refractivity contribution in [3.05, 3.63) is 21.4 Å². The molecule has 0 bridgehead atoms. The summed E-state index contributed by atoms with van der Waals surface area (Å²) in [4.78, 5) is 28.2. The number of piperidine rings is 1. The van der Waals surface area contributed by atoms with E-state index in [1.807, 2.05) is 6.92 Å². The maximum absolute atomic E-state index is 12.5. The van der Waals surface area contributed by atoms with Crippen LogP contribution in [0.1, 0.15) is 53.2 Å². The monoisotopic (exact) mass is 350 g/mol. The molecule has 1 saturated heterocycles. The molecule has 1 aromatic heterocycles. The number of carbonyl (C=O) groups is 2. The van der Waals surface area contributed by atoms with Gasteiger partial charge >= 0.3 is 6.09 Å². The van der Waals surface area contributed by atoms with Gasteiger partial charge in [0, 0.05) is 24.0 Å². The molecule has 2 aliphatic rings. The summed E-state index contributed by atoms with van der Waals surface area (Å²) in [5, 5.41) is 3.14. The van der Waals surface area contributed by atoms with Crippen molar-refractivity contribution in [2.24, 2.45) is 5.92 Å². The predicted octanol–water partition coefficient (Wildman–Crippen LogP) is 3.22. The van der Waals surface area contributed by atoms with E-state index >= 15 is 0 Å². The van der Waals surface area contributed by atoms with Gasteiger partial charge in [-0.1, -0.05) is 6.92 Å². The zero-order valence-corrected chi connectivity index (χ0v) is 15.3. The number of thiophene rings is 1. The number of rotatable bonds is 3. The molecule has 0 aromatic carbocycles. The van der Waals surface area contributed by atoms with Gasteiger partial charge in [-0.15, -0.1) is 11.3 Å². The molecule has 1 unspecified atom stereocenters. The normalized spacial score (nSPS) is 21.2. The van der Waals surface area contributed by atoms with Crippen LogP contribution in [0.2, 0.25) is 0 Å². The molecule has 24 heavy (non-hydrogen) atoms. The van der Waals surface area contributed by atoms with Gasteiger partial charge < -0.3 is 15.0 Å². The topological polar surface area (TPSA) is 58.6 Å². The van der Waals surface area contributed by atoms with Crippen LogP contribution in [0, 0.1) is 5.92 Å². The summed E-state index contributed by atoms with van der Waals surface area (Å²) >= 11 is 1.65. The molecule has 1 N–H and O–H groups in total. The smallest absolute Gasteiger partial charge is 0.409 e. The minimum Gasteiger partial charge on any atom is -0.450 e. The second kappa shape index (κ2) is 7.55. The molecule has 1 atom stereocenters. The molecule has 1 aliphatic heterocycles. The molecule has 6 heteroatoms. The fourth-order valence-corrected chi connectivity index (χ4v) is 4.61. The molecule has 132 valence electrons. The third-order valence-electron chi connectivity index (χ3n) is 4.91. The average Bonchev–Trinajstić information content (AvgIpc) is 2.99. The van der Waals surface area contributed by atoms with Crippen molar-refractivity contribution in [1.29, 1.82) is 0 Å². The van der Waals surface area contributed by atoms with Crippen LogP contribution < -0.4 is 5.32 Å². The Morgan fingerprint density at radius 2 is 2.08 bits per heavy atom. The molecular formula is C18H26N2O3S. The first-order valence-electron chi connectivity index (χ1n) is 8.91. The zero-order valence-electron chi connectivity index (χ0n) is 14.5. The van der Waals surface area contributed by atoms with E-state index in [4.69, 9.17) is 4.74 Å². The Balaban J connectivity index is 1.52. The Morgan fingerprint density at radius 1 is 1.33 bits per heavy atom. The third kappa shape index (κ3) is 3.91. The number of nitrogens with zero attached hydrogens (tertiary/aromatic N) is 1. The van der Waals surface area contributed by atoms with E-state index < -0.39 is 0 Å². The SMILES string of the molecule is CCOC(=O)N1CCC(NC(=O)c2cc3c(s2)CCC(C)C3)CC1. The van der Waals surface area contributed by atoms with Gasteiger partial charge in [-0.25, -0.2) is 4.79 Å². The van der Waals surface area contributed by atoms with Crippen molar-refractivity contribution in [2.45, 2.75) is 52.0 Å². The van der Waals surface area contributed by atoms with Gasteiger partial charge in [-0.3, -0.25) is 4.79 Å². The van der Waals surface area contributed by atoms with Crippen LogP contribution >= 0.6 is 11.3 Å². The number of hydrogen-bond acceptors (Lipinski definition) is 4. The Labute approximate surface area is 147 Å². The lowest BCUT2D eigenvalue weighted by molar-refractivity contribution is 0.0862. The predicted molar refractivity (Wildman–Crippen MR) is 94.6 cm³/mol. The van der Waals surface area contributed by atoms with Gasteiger partial charge in [0.15, 0.2) is 0 Å². The lowest BCUT2D eigenvalue weighted by Gasteiger charge is -2.31. The molecule has 1 aliphatic carbocycles. The van der Waals surface area contributed by atoms with Crippen molar-refractivity contribution >= 4 is 23.3 Å². The second-order valence-corrected chi connectivity index (χ2v) is 7.98. The number of nitrogens with one attached hydrogen (secondary N) is 1. The van der Waals surface area contributed by atoms with Gasteiger partial charge in [-0.05, 0) is 56.6 Å². The van der Waals surface area contributed by atoms with Crippen LogP contribution in [-0.2, 0) is 17.6 Å². The van der Waals surface area contributed by atoms with Crippen LogP contribution in [0.3, 0.4) is 0 Å². The fourth-order valence-electron chi connectivity index (χ4n) is 3.50. The molecule has 5 nitrogen and oxygen atoms in total. The largest absolute Gasteiger partial charge is 0.450 e. The van der Waals surface area contributed by atoms with E-state index in [1.165, 1.54) is 16.9 Å². The standard InChI is InChI=1S/C18H26N2O3S/c1-3-23-18(22)20-8-6-14(7-9-20)19-17(21)16-11-13-10-12(2)4-5-15(13)24-16/h11-12,14H,3-10H2,1-2H3,(H,19,21). The lowest BCUT2D eigenvalue weighted by atomic mass is 9.90. The van der Waals surface area contributed by atoms with Crippen LogP contribution in [0.25, 0.3) is 0 Å². The molecule has 0 spiro atoms. The van der Waals surface area contributed by atoms with Gasteiger partial charge in [0.25, 0.3) is 5.91 Å². The summed E-state index contributed by atoms with van der Waals surface area (Å²) in [5.41, 5.74) is 1.36. The highest BCUT2D eigenvalue weighted by atomic mass is 32.1. The van der Waals surface area contributed by atoms with Gasteiger partial charge in [-0.2, -0.15) is 0 Å². The summed E-state index contributed by atoms with van der Waals surface area (Å²) < 4.78 is 5.02. The Hall–Kier alpha value is -1.56. The number of carbonyl (C=O) groups excluding carboxylic acids is 2. The van der Waals surface area contributed by atoms with Crippen molar-refractivity contribution in [3.8, 4) is 0 Å². The summed E-state index contributed by atoms with van der Waals surface area (Å²) in [5.74, 6) is 0.756. The molecule has 2 heterocycles. The summed E-state index contributed by atoms with van der Waals surface area (Å²) in [7, 11) is 0. The van der Waals surface area contributed by atoms with Gasteiger partial charge in [0.05, 0.1) is 11.5 Å². The molecule has 2 amide bonds. The molecule has 3 rings (SSSR count). The number of fused-ring (bicyclic) bond motifs is 1. The highest BCUT2D eigenvalue weighted by Gasteiger charge is 2.26. The van der Waals surface area contributed by atoms with Crippen molar-refractivity contribution in [2.75, 3.05) is 19.7 Å². The summed E-state index contributed by atoms with van der Waals surface area (Å²) in [6, 6.07) is 2.22. The van der Waals surface area contributed by atoms with Crippen LogP contribution in [-0.4, -0.2) is 42.6 Å². The van der Waals surface area contributed by atoms with Crippen molar-refractivity contribution in [1.82, 2.24) is 10.2 Å². The van der Waals surface area contributed by atoms with Gasteiger partial charge in [0.1, 0.15) is 0 Å². The highest BCUT2D eigenvalue weighted by molar-refractivity contribution is 7.14. The van der Waals surface area contributed by atoms with E-state index in [2.05, 4.69) is 18.3 Å². The Morgan fingerprint density at radius 3 is 2.79 bits per heavy atom. The van der Waals surface area contributed by atoms with Crippen LogP contribution in [0.4, 0.5) is 4.79 Å². The average molecular weight is 350 g/mol. The maximum Gasteiger partial charge on any atom is 0.409 e. The number of ether oxygens (including phenoxy) is 1. The Kier molecular flexibility index (Phi) is 5.43. The first-order chi connectivity index (χ1) is 11.6. The number of aryl methyl sites for hydroxylation is 1. The second-order valence-electron chi connectivity index (χ2n) is 6.84. The van der Waals surface area contributed by atoms with E-state index in [9.17, 15) is 9.59 Å². The third-order valence-corrected chi connectivity index (χ3v) is 6.15. The fraction of sp³-hybridized carbons (Fsp3) is 0.667. The number of amides is 2. The van der Waals surface area contributed by atoms with E-state index in [-0.39, 0.29) is 18.0 Å². The van der Waals surface area contributed by atoms with Crippen LogP contribution in [0.15, 0.2) is 6.07 Å². The van der Waals surface area contributed by atoms with Crippen molar-refractivity contribution in [3.63, 3.8) is 0 Å². The maximum atomic E-state index is 12.5. The number of likely N-dealkylation sites (tertiary alicyclic amines) is 1. The number of hydrogen-bond donors (Lipinski definition) is 1. The Bertz CT molecular complexity index is 605. The minimum atomic E-state index is -0.248.